The highest BCUT2D eigenvalue weighted by Gasteiger charge is 2.48. The summed E-state index contributed by atoms with van der Waals surface area (Å²) < 4.78 is 27.0. The van der Waals surface area contributed by atoms with Gasteiger partial charge in [0.1, 0.15) is 30.0 Å². The molecule has 1 aromatic rings. The van der Waals surface area contributed by atoms with Crippen LogP contribution in [0, 0.1) is 0 Å². The van der Waals surface area contributed by atoms with Crippen LogP contribution >= 0.6 is 11.8 Å². The molecule has 0 amide bonds. The minimum Gasteiger partial charge on any atom is -0.494 e. The predicted octanol–water partition coefficient (Wildman–Crippen LogP) is 1.27. The van der Waals surface area contributed by atoms with Crippen molar-refractivity contribution in [1.82, 2.24) is 0 Å². The van der Waals surface area contributed by atoms with Crippen molar-refractivity contribution in [2.24, 2.45) is 5.73 Å². The number of hydrogen-bond acceptors (Lipinski definition) is 10. The van der Waals surface area contributed by atoms with Crippen molar-refractivity contribution in [2.45, 2.75) is 55.5 Å². The summed E-state index contributed by atoms with van der Waals surface area (Å²) in [5, 5.41) is 0. The lowest BCUT2D eigenvalue weighted by Gasteiger charge is -2.43. The molecule has 0 aliphatic carbocycles. The van der Waals surface area contributed by atoms with Gasteiger partial charge in [0.2, 0.25) is 0 Å². The molecule has 0 aromatic heterocycles. The smallest absolute Gasteiger partial charge is 0.303 e. The van der Waals surface area contributed by atoms with E-state index in [4.69, 9.17) is 29.4 Å². The van der Waals surface area contributed by atoms with Crippen LogP contribution < -0.4 is 10.5 Å². The van der Waals surface area contributed by atoms with Gasteiger partial charge in [0.05, 0.1) is 12.6 Å². The van der Waals surface area contributed by atoms with Crippen molar-refractivity contribution < 1.29 is 38.1 Å². The van der Waals surface area contributed by atoms with Gasteiger partial charge in [-0.2, -0.15) is 0 Å². The van der Waals surface area contributed by atoms with Gasteiger partial charge in [-0.15, -0.1) is 0 Å². The molecule has 0 spiro atoms. The van der Waals surface area contributed by atoms with Gasteiger partial charge in [-0.05, 0) is 25.1 Å². The summed E-state index contributed by atoms with van der Waals surface area (Å²) in [6.07, 6.45) is -2.67. The van der Waals surface area contributed by atoms with E-state index < -0.39 is 41.7 Å². The minimum atomic E-state index is -0.955. The molecule has 2 rings (SSSR count). The van der Waals surface area contributed by atoms with E-state index in [9.17, 15) is 14.4 Å². The average Bonchev–Trinajstić information content (AvgIpc) is 2.66. The van der Waals surface area contributed by atoms with E-state index in [-0.39, 0.29) is 13.1 Å². The van der Waals surface area contributed by atoms with E-state index in [2.05, 4.69) is 0 Å². The maximum atomic E-state index is 11.5. The second-order valence-electron chi connectivity index (χ2n) is 6.22. The van der Waals surface area contributed by atoms with E-state index in [1.165, 1.54) is 25.6 Å². The molecule has 1 aromatic carbocycles. The molecule has 29 heavy (non-hydrogen) atoms. The SMILES string of the molecule is CCOc1cccc(SC2OC(COC(C)=O)C(OC(C)=O)C(N)C2OC=O)c1. The number of thioether (sulfide) groups is 1. The number of carbonyl (C=O) groups excluding carboxylic acids is 3. The van der Waals surface area contributed by atoms with Gasteiger partial charge in [0.25, 0.3) is 6.47 Å². The maximum Gasteiger partial charge on any atom is 0.303 e. The van der Waals surface area contributed by atoms with Crippen molar-refractivity contribution in [3.63, 3.8) is 0 Å². The van der Waals surface area contributed by atoms with Crippen LogP contribution in [-0.2, 0) is 33.3 Å². The molecule has 5 atom stereocenters. The Morgan fingerprint density at radius 1 is 1.24 bits per heavy atom. The Kier molecular flexibility index (Phi) is 8.74. The van der Waals surface area contributed by atoms with E-state index in [1.807, 2.05) is 31.2 Å². The molecular weight excluding hydrogens is 402 g/mol. The van der Waals surface area contributed by atoms with Crippen LogP contribution in [0.2, 0.25) is 0 Å². The number of carbonyl (C=O) groups is 3. The maximum absolute atomic E-state index is 11.5. The first-order chi connectivity index (χ1) is 13.8. The zero-order valence-electron chi connectivity index (χ0n) is 16.4. The second kappa shape index (κ2) is 11.0. The van der Waals surface area contributed by atoms with Gasteiger partial charge < -0.3 is 29.4 Å². The Morgan fingerprint density at radius 2 is 2.00 bits per heavy atom. The molecule has 9 nitrogen and oxygen atoms in total. The van der Waals surface area contributed by atoms with Crippen LogP contribution in [-0.4, -0.2) is 61.4 Å². The third-order valence-electron chi connectivity index (χ3n) is 4.04. The predicted molar refractivity (Wildman–Crippen MR) is 103 cm³/mol. The van der Waals surface area contributed by atoms with Crippen LogP contribution in [0.15, 0.2) is 29.2 Å². The van der Waals surface area contributed by atoms with Gasteiger partial charge in [-0.3, -0.25) is 14.4 Å². The Balaban J connectivity index is 2.25. The molecule has 10 heteroatoms. The molecule has 1 aliphatic rings. The van der Waals surface area contributed by atoms with Gasteiger partial charge in [-0.25, -0.2) is 0 Å². The Bertz CT molecular complexity index is 715. The molecule has 2 N–H and O–H groups in total. The molecule has 1 fully saturated rings. The van der Waals surface area contributed by atoms with Crippen molar-refractivity contribution >= 4 is 30.2 Å². The first-order valence-electron chi connectivity index (χ1n) is 9.06. The number of benzene rings is 1. The van der Waals surface area contributed by atoms with Crippen LogP contribution in [0.1, 0.15) is 20.8 Å². The van der Waals surface area contributed by atoms with E-state index in [0.717, 1.165) is 4.90 Å². The Hall–Kier alpha value is -2.30. The zero-order valence-corrected chi connectivity index (χ0v) is 17.3. The first-order valence-corrected chi connectivity index (χ1v) is 9.94. The van der Waals surface area contributed by atoms with Gasteiger partial charge in [0, 0.05) is 18.7 Å². The summed E-state index contributed by atoms with van der Waals surface area (Å²) in [5.41, 5.74) is 5.53. The summed E-state index contributed by atoms with van der Waals surface area (Å²) in [4.78, 5) is 34.6. The summed E-state index contributed by atoms with van der Waals surface area (Å²) in [7, 11) is 0. The van der Waals surface area contributed by atoms with Crippen molar-refractivity contribution in [3.8, 4) is 5.75 Å². The zero-order chi connectivity index (χ0) is 21.4. The average molecular weight is 427 g/mol. The van der Waals surface area contributed by atoms with E-state index in [1.54, 1.807) is 0 Å². The normalized spacial score (nSPS) is 26.3. The largest absolute Gasteiger partial charge is 0.494 e. The van der Waals surface area contributed by atoms with Crippen LogP contribution in [0.3, 0.4) is 0 Å². The van der Waals surface area contributed by atoms with Crippen molar-refractivity contribution in [3.05, 3.63) is 24.3 Å². The van der Waals surface area contributed by atoms with Gasteiger partial charge in [-0.1, -0.05) is 17.8 Å². The summed E-state index contributed by atoms with van der Waals surface area (Å²) in [6.45, 7) is 4.99. The van der Waals surface area contributed by atoms with Crippen LogP contribution in [0.5, 0.6) is 5.75 Å². The van der Waals surface area contributed by atoms with Crippen molar-refractivity contribution in [2.75, 3.05) is 13.2 Å². The second-order valence-corrected chi connectivity index (χ2v) is 7.39. The van der Waals surface area contributed by atoms with Gasteiger partial charge in [0.15, 0.2) is 6.10 Å². The minimum absolute atomic E-state index is 0.162. The van der Waals surface area contributed by atoms with Gasteiger partial charge >= 0.3 is 11.9 Å². The topological polar surface area (TPSA) is 123 Å². The number of hydrogen-bond donors (Lipinski definition) is 1. The van der Waals surface area contributed by atoms with Crippen LogP contribution in [0.4, 0.5) is 0 Å². The third-order valence-corrected chi connectivity index (χ3v) is 5.17. The van der Waals surface area contributed by atoms with E-state index >= 15 is 0 Å². The molecule has 1 saturated heterocycles. The summed E-state index contributed by atoms with van der Waals surface area (Å²) in [6, 6.07) is 6.43. The highest BCUT2D eigenvalue weighted by molar-refractivity contribution is 7.99. The molecule has 1 aliphatic heterocycles. The number of esters is 2. The first kappa shape index (κ1) is 23.0. The summed E-state index contributed by atoms with van der Waals surface area (Å²) >= 11 is 1.27. The molecule has 0 bridgehead atoms. The fourth-order valence-corrected chi connectivity index (χ4v) is 4.06. The van der Waals surface area contributed by atoms with E-state index in [0.29, 0.717) is 12.4 Å². The standard InChI is InChI=1S/C19H25NO8S/c1-4-24-13-6-5-7-14(8-13)29-19-18(26-10-21)16(20)17(27-12(3)23)15(28-19)9-25-11(2)22/h5-8,10,15-19H,4,9,20H2,1-3H3. The number of rotatable bonds is 9. The lowest BCUT2D eigenvalue weighted by molar-refractivity contribution is -0.197. The quantitative estimate of drug-likeness (QED) is 0.350. The highest BCUT2D eigenvalue weighted by atomic mass is 32.2. The fraction of sp³-hybridized carbons (Fsp3) is 0.526. The molecule has 1 heterocycles. The fourth-order valence-electron chi connectivity index (χ4n) is 2.88. The molecule has 0 saturated carbocycles. The molecule has 5 unspecified atom stereocenters. The molecular formula is C19H25NO8S. The Labute approximate surface area is 173 Å². The molecule has 0 radical (unpaired) electrons. The lowest BCUT2D eigenvalue weighted by Crippen LogP contribution is -2.63. The summed E-state index contributed by atoms with van der Waals surface area (Å²) in [5.74, 6) is -0.411. The van der Waals surface area contributed by atoms with Crippen LogP contribution in [0.25, 0.3) is 0 Å². The molecule has 160 valence electrons. The monoisotopic (exact) mass is 427 g/mol. The highest BCUT2D eigenvalue weighted by Crippen LogP contribution is 2.36. The third kappa shape index (κ3) is 6.62. The lowest BCUT2D eigenvalue weighted by atomic mass is 9.97. The number of ether oxygens (including phenoxy) is 5. The number of nitrogens with two attached hydrogens (primary N) is 1. The Morgan fingerprint density at radius 3 is 2.62 bits per heavy atom. The van der Waals surface area contributed by atoms with Crippen molar-refractivity contribution in [1.29, 1.82) is 0 Å².